The molecule has 6 heteroatoms. The quantitative estimate of drug-likeness (QED) is 0.0606. The maximum absolute atomic E-state index is 12.9. The number of hydrogen-bond acceptors (Lipinski definition) is 5. The SMILES string of the molecule is CCCCCCCCCCCCOC(=O)[C@H](CCC(=O)OC(C)CCCCCC)NC(=O)CCCCCCCCCCC. The van der Waals surface area contributed by atoms with Gasteiger partial charge in [-0.1, -0.05) is 149 Å². The molecule has 0 saturated heterocycles. The second-order valence-corrected chi connectivity index (χ2v) is 12.7. The molecule has 0 spiro atoms. The van der Waals surface area contributed by atoms with Crippen molar-refractivity contribution in [3.05, 3.63) is 0 Å². The van der Waals surface area contributed by atoms with Crippen LogP contribution < -0.4 is 5.32 Å². The molecule has 0 aliphatic carbocycles. The van der Waals surface area contributed by atoms with Crippen molar-refractivity contribution in [2.45, 2.75) is 213 Å². The van der Waals surface area contributed by atoms with Gasteiger partial charge in [0.05, 0.1) is 12.7 Å². The molecule has 43 heavy (non-hydrogen) atoms. The van der Waals surface area contributed by atoms with E-state index >= 15 is 0 Å². The molecule has 0 aromatic heterocycles. The number of hydrogen-bond donors (Lipinski definition) is 1. The fourth-order valence-corrected chi connectivity index (χ4v) is 5.44. The number of nitrogens with one attached hydrogen (secondary N) is 1. The van der Waals surface area contributed by atoms with Gasteiger partial charge in [0, 0.05) is 12.8 Å². The maximum Gasteiger partial charge on any atom is 0.328 e. The Kier molecular flexibility index (Phi) is 30.6. The summed E-state index contributed by atoms with van der Waals surface area (Å²) in [4.78, 5) is 38.1. The molecule has 0 rings (SSSR count). The number of amides is 1. The van der Waals surface area contributed by atoms with Crippen molar-refractivity contribution < 1.29 is 23.9 Å². The Labute approximate surface area is 266 Å². The van der Waals surface area contributed by atoms with Gasteiger partial charge in [-0.2, -0.15) is 0 Å². The number of esters is 2. The maximum atomic E-state index is 12.9. The van der Waals surface area contributed by atoms with Crippen molar-refractivity contribution >= 4 is 17.8 Å². The zero-order chi connectivity index (χ0) is 31.8. The molecule has 0 heterocycles. The lowest BCUT2D eigenvalue weighted by Gasteiger charge is -2.18. The van der Waals surface area contributed by atoms with Gasteiger partial charge in [-0.15, -0.1) is 0 Å². The minimum Gasteiger partial charge on any atom is -0.464 e. The van der Waals surface area contributed by atoms with Gasteiger partial charge in [0.1, 0.15) is 6.04 Å². The van der Waals surface area contributed by atoms with E-state index in [1.807, 2.05) is 6.92 Å². The molecule has 1 N–H and O–H groups in total. The van der Waals surface area contributed by atoms with Crippen LogP contribution in [0.15, 0.2) is 0 Å². The molecule has 0 fully saturated rings. The van der Waals surface area contributed by atoms with Gasteiger partial charge in [0.2, 0.25) is 5.91 Å². The molecule has 0 aliphatic rings. The molecule has 2 atom stereocenters. The average molecular weight is 610 g/mol. The first-order valence-corrected chi connectivity index (χ1v) is 18.6. The van der Waals surface area contributed by atoms with E-state index < -0.39 is 12.0 Å². The number of carbonyl (C=O) groups is 3. The molecule has 0 aromatic carbocycles. The monoisotopic (exact) mass is 610 g/mol. The second-order valence-electron chi connectivity index (χ2n) is 12.7. The number of ether oxygens (including phenoxy) is 2. The van der Waals surface area contributed by atoms with Crippen LogP contribution in [0, 0.1) is 0 Å². The molecule has 0 saturated carbocycles. The van der Waals surface area contributed by atoms with Gasteiger partial charge in [-0.3, -0.25) is 9.59 Å². The van der Waals surface area contributed by atoms with Gasteiger partial charge in [-0.25, -0.2) is 4.79 Å². The van der Waals surface area contributed by atoms with E-state index in [2.05, 4.69) is 26.1 Å². The minimum absolute atomic E-state index is 0.0929. The topological polar surface area (TPSA) is 81.7 Å². The molecule has 0 bridgehead atoms. The Balaban J connectivity index is 4.46. The summed E-state index contributed by atoms with van der Waals surface area (Å²) >= 11 is 0. The molecule has 0 aromatic rings. The molecule has 0 radical (unpaired) electrons. The van der Waals surface area contributed by atoms with Crippen molar-refractivity contribution in [1.29, 1.82) is 0 Å². The highest BCUT2D eigenvalue weighted by Gasteiger charge is 2.24. The highest BCUT2D eigenvalue weighted by Crippen LogP contribution is 2.14. The fraction of sp³-hybridized carbons (Fsp3) is 0.919. The fourth-order valence-electron chi connectivity index (χ4n) is 5.44. The molecule has 1 unspecified atom stereocenters. The summed E-state index contributed by atoms with van der Waals surface area (Å²) in [6.45, 7) is 8.94. The number of unbranched alkanes of at least 4 members (excludes halogenated alkanes) is 20. The van der Waals surface area contributed by atoms with E-state index in [-0.39, 0.29) is 30.8 Å². The minimum atomic E-state index is -0.804. The highest BCUT2D eigenvalue weighted by atomic mass is 16.5. The van der Waals surface area contributed by atoms with Gasteiger partial charge in [-0.05, 0) is 39.0 Å². The lowest BCUT2D eigenvalue weighted by Crippen LogP contribution is -2.42. The summed E-state index contributed by atoms with van der Waals surface area (Å²) in [5.41, 5.74) is 0. The summed E-state index contributed by atoms with van der Waals surface area (Å²) in [6.07, 6.45) is 28.8. The Morgan fingerprint density at radius 1 is 0.535 bits per heavy atom. The Bertz CT molecular complexity index is 653. The zero-order valence-corrected chi connectivity index (χ0v) is 29.0. The third kappa shape index (κ3) is 28.9. The van der Waals surface area contributed by atoms with E-state index in [1.165, 1.54) is 96.3 Å². The summed E-state index contributed by atoms with van der Waals surface area (Å²) in [5, 5.41) is 2.87. The van der Waals surface area contributed by atoms with Crippen molar-refractivity contribution in [2.75, 3.05) is 6.61 Å². The van der Waals surface area contributed by atoms with Gasteiger partial charge >= 0.3 is 11.9 Å². The lowest BCUT2D eigenvalue weighted by molar-refractivity contribution is -0.151. The zero-order valence-electron chi connectivity index (χ0n) is 29.0. The van der Waals surface area contributed by atoms with E-state index in [9.17, 15) is 14.4 Å². The summed E-state index contributed by atoms with van der Waals surface area (Å²) in [5.74, 6) is -0.887. The van der Waals surface area contributed by atoms with Gasteiger partial charge in [0.15, 0.2) is 0 Å². The first kappa shape index (κ1) is 41.4. The first-order valence-electron chi connectivity index (χ1n) is 18.6. The van der Waals surface area contributed by atoms with Crippen LogP contribution in [0.5, 0.6) is 0 Å². The van der Waals surface area contributed by atoms with Crippen LogP contribution in [-0.4, -0.2) is 36.6 Å². The van der Waals surface area contributed by atoms with Crippen molar-refractivity contribution in [2.24, 2.45) is 0 Å². The molecule has 6 nitrogen and oxygen atoms in total. The van der Waals surface area contributed by atoms with Crippen LogP contribution >= 0.6 is 0 Å². The lowest BCUT2D eigenvalue weighted by atomic mass is 10.1. The van der Waals surface area contributed by atoms with E-state index in [0.29, 0.717) is 13.0 Å². The van der Waals surface area contributed by atoms with Crippen molar-refractivity contribution in [3.8, 4) is 0 Å². The summed E-state index contributed by atoms with van der Waals surface area (Å²) < 4.78 is 11.1. The first-order chi connectivity index (χ1) is 20.9. The van der Waals surface area contributed by atoms with Crippen LogP contribution in [0.2, 0.25) is 0 Å². The van der Waals surface area contributed by atoms with Crippen LogP contribution in [0.1, 0.15) is 201 Å². The van der Waals surface area contributed by atoms with Crippen molar-refractivity contribution in [3.63, 3.8) is 0 Å². The third-order valence-electron chi connectivity index (χ3n) is 8.30. The molecule has 254 valence electrons. The van der Waals surface area contributed by atoms with Crippen LogP contribution in [-0.2, 0) is 23.9 Å². The Morgan fingerprint density at radius 2 is 0.977 bits per heavy atom. The number of rotatable bonds is 32. The van der Waals surface area contributed by atoms with Crippen molar-refractivity contribution in [1.82, 2.24) is 5.32 Å². The Hall–Kier alpha value is -1.59. The standard InChI is InChI=1S/C37H71NO5/c1-5-8-11-14-16-18-20-22-24-27-32-42-37(41)34(30-31-36(40)43-33(4)28-25-13-10-7-3)38-35(39)29-26-23-21-19-17-15-12-9-6-2/h33-34H,5-32H2,1-4H3,(H,38,39)/t33?,34-/m0/s1. The van der Waals surface area contributed by atoms with E-state index in [0.717, 1.165) is 57.8 Å². The second kappa shape index (κ2) is 31.8. The van der Waals surface area contributed by atoms with Crippen LogP contribution in [0.3, 0.4) is 0 Å². The van der Waals surface area contributed by atoms with Crippen LogP contribution in [0.25, 0.3) is 0 Å². The van der Waals surface area contributed by atoms with Gasteiger partial charge in [0.25, 0.3) is 0 Å². The van der Waals surface area contributed by atoms with Crippen LogP contribution in [0.4, 0.5) is 0 Å². The Morgan fingerprint density at radius 3 is 1.49 bits per heavy atom. The summed E-state index contributed by atoms with van der Waals surface area (Å²) in [6, 6.07) is -0.804. The summed E-state index contributed by atoms with van der Waals surface area (Å²) in [7, 11) is 0. The third-order valence-corrected chi connectivity index (χ3v) is 8.30. The predicted molar refractivity (Wildman–Crippen MR) is 180 cm³/mol. The largest absolute Gasteiger partial charge is 0.464 e. The molecule has 0 aliphatic heterocycles. The van der Waals surface area contributed by atoms with E-state index in [1.54, 1.807) is 0 Å². The average Bonchev–Trinajstić information content (AvgIpc) is 2.99. The molecular weight excluding hydrogens is 538 g/mol. The highest BCUT2D eigenvalue weighted by molar-refractivity contribution is 5.85. The predicted octanol–water partition coefficient (Wildman–Crippen LogP) is 10.5. The molecular formula is C37H71NO5. The normalized spacial score (nSPS) is 12.6. The number of carbonyl (C=O) groups excluding carboxylic acids is 3. The smallest absolute Gasteiger partial charge is 0.328 e. The molecule has 1 amide bonds. The van der Waals surface area contributed by atoms with E-state index in [4.69, 9.17) is 9.47 Å². The van der Waals surface area contributed by atoms with Gasteiger partial charge < -0.3 is 14.8 Å².